The number of esters is 1. The van der Waals surface area contributed by atoms with Crippen molar-refractivity contribution < 1.29 is 22.7 Å². The molecule has 2 nitrogen and oxygen atoms in total. The Morgan fingerprint density at radius 1 is 0.556 bits per heavy atom. The second-order valence-electron chi connectivity index (χ2n) is 12.6. The largest absolute Gasteiger partial charge is 0.490 e. The van der Waals surface area contributed by atoms with Crippen molar-refractivity contribution in [3.63, 3.8) is 0 Å². The SMILES string of the molecule is O=C(OC12C3C4C5C6C7C8C5C3C3C8C5C7C7C6C4C1C7C5C32)C(F)(F)F. The van der Waals surface area contributed by atoms with Crippen LogP contribution >= 0.6 is 0 Å². The number of halogens is 3. The Hall–Kier alpha value is -0.740. The van der Waals surface area contributed by atoms with Crippen molar-refractivity contribution in [3.8, 4) is 0 Å². The van der Waals surface area contributed by atoms with Crippen molar-refractivity contribution in [1.82, 2.24) is 0 Å². The summed E-state index contributed by atoms with van der Waals surface area (Å²) in [5.41, 5.74) is -0.690. The van der Waals surface area contributed by atoms with Crippen LogP contribution in [-0.4, -0.2) is 17.7 Å². The predicted octanol–water partition coefficient (Wildman–Crippen LogP) is 2.69. The van der Waals surface area contributed by atoms with Gasteiger partial charge in [-0.05, 0) is 94.7 Å². The molecule has 27 heavy (non-hydrogen) atoms. The molecule has 0 aliphatic heterocycles. The Labute approximate surface area is 153 Å². The third kappa shape index (κ3) is 0.736. The standard InChI is InChI=1S/C22H19F3O2/c23-22(24,25)20(26)27-21-17-11-5-2-1-3-7(5)13(17)15-9(3)10-4(1)8-6(2)12(11)18(21)14(8)16(10)19(15)21/h1-19H. The number of alkyl halides is 3. The zero-order valence-corrected chi connectivity index (χ0v) is 14.4. The minimum atomic E-state index is -4.84. The molecule has 0 aromatic heterocycles. The van der Waals surface area contributed by atoms with Gasteiger partial charge in [0, 0.05) is 17.8 Å². The van der Waals surface area contributed by atoms with Gasteiger partial charge < -0.3 is 4.74 Å². The third-order valence-electron chi connectivity index (χ3n) is 13.9. The summed E-state index contributed by atoms with van der Waals surface area (Å²) < 4.78 is 45.8. The second kappa shape index (κ2) is 2.85. The fourth-order valence-corrected chi connectivity index (χ4v) is 15.8. The van der Waals surface area contributed by atoms with Gasteiger partial charge in [-0.1, -0.05) is 0 Å². The summed E-state index contributed by atoms with van der Waals surface area (Å²) in [6.45, 7) is 0. The van der Waals surface area contributed by atoms with Crippen LogP contribution in [0.2, 0.25) is 0 Å². The molecule has 12 unspecified atom stereocenters. The van der Waals surface area contributed by atoms with Crippen LogP contribution in [0.1, 0.15) is 0 Å². The minimum Gasteiger partial charge on any atom is -0.451 e. The molecule has 0 saturated heterocycles. The van der Waals surface area contributed by atoms with Crippen molar-refractivity contribution in [1.29, 1.82) is 0 Å². The van der Waals surface area contributed by atoms with E-state index < -0.39 is 17.7 Å². The van der Waals surface area contributed by atoms with Gasteiger partial charge >= 0.3 is 12.1 Å². The van der Waals surface area contributed by atoms with Gasteiger partial charge in [0.2, 0.25) is 0 Å². The first-order valence-corrected chi connectivity index (χ1v) is 11.3. The lowest BCUT2D eigenvalue weighted by molar-refractivity contribution is -0.223. The molecule has 0 radical (unpaired) electrons. The molecule has 12 saturated carbocycles. The first-order chi connectivity index (χ1) is 13.0. The van der Waals surface area contributed by atoms with Gasteiger partial charge in [-0.25, -0.2) is 4.79 Å². The summed E-state index contributed by atoms with van der Waals surface area (Å²) in [6.07, 6.45) is -4.84. The summed E-state index contributed by atoms with van der Waals surface area (Å²) in [7, 11) is 0. The molecule has 140 valence electrons. The molecule has 0 aromatic rings. The van der Waals surface area contributed by atoms with Gasteiger partial charge in [0.15, 0.2) is 0 Å². The smallest absolute Gasteiger partial charge is 0.451 e. The van der Waals surface area contributed by atoms with Crippen LogP contribution in [0.5, 0.6) is 0 Å². The number of rotatable bonds is 1. The highest BCUT2D eigenvalue weighted by Gasteiger charge is 3.03. The first-order valence-electron chi connectivity index (χ1n) is 11.3. The number of hydrogen-bond acceptors (Lipinski definition) is 2. The summed E-state index contributed by atoms with van der Waals surface area (Å²) in [5.74, 6) is 11.6. The minimum absolute atomic E-state index is 0.314. The van der Waals surface area contributed by atoms with E-state index in [9.17, 15) is 18.0 Å². The van der Waals surface area contributed by atoms with E-state index in [4.69, 9.17) is 4.74 Å². The average Bonchev–Trinajstić information content (AvgIpc) is 3.30. The van der Waals surface area contributed by atoms with Gasteiger partial charge in [0.1, 0.15) is 5.60 Å². The highest BCUT2D eigenvalue weighted by molar-refractivity contribution is 5.76. The van der Waals surface area contributed by atoms with E-state index in [1.165, 1.54) is 0 Å². The zero-order valence-electron chi connectivity index (χ0n) is 14.4. The molecule has 0 aromatic carbocycles. The van der Waals surface area contributed by atoms with Crippen molar-refractivity contribution in [2.75, 3.05) is 0 Å². The van der Waals surface area contributed by atoms with E-state index in [2.05, 4.69) is 0 Å². The Bertz CT molecular complexity index is 812. The van der Waals surface area contributed by atoms with Gasteiger partial charge in [0.05, 0.1) is 0 Å². The maximum absolute atomic E-state index is 13.3. The van der Waals surface area contributed by atoms with Crippen LogP contribution in [0.3, 0.4) is 0 Å². The topological polar surface area (TPSA) is 26.3 Å². The van der Waals surface area contributed by atoms with Crippen LogP contribution in [0, 0.1) is 112 Å². The number of carbonyl (C=O) groups excluding carboxylic acids is 1. The quantitative estimate of drug-likeness (QED) is 0.662. The normalized spacial score (nSPS) is 86.3. The summed E-state index contributed by atoms with van der Waals surface area (Å²) >= 11 is 0. The number of carbonyl (C=O) groups is 1. The van der Waals surface area contributed by atoms with E-state index in [1.807, 2.05) is 0 Å². The maximum Gasteiger partial charge on any atom is 0.490 e. The molecule has 12 aliphatic carbocycles. The van der Waals surface area contributed by atoms with Gasteiger partial charge in [-0.3, -0.25) is 0 Å². The summed E-state index contributed by atoms with van der Waals surface area (Å²) in [4.78, 5) is 12.2. The molecular formula is C22H19F3O2. The van der Waals surface area contributed by atoms with E-state index >= 15 is 0 Å². The molecule has 0 spiro atoms. The summed E-state index contributed by atoms with van der Waals surface area (Å²) in [5, 5.41) is 0. The average molecular weight is 372 g/mol. The van der Waals surface area contributed by atoms with Crippen molar-refractivity contribution in [3.05, 3.63) is 0 Å². The third-order valence-corrected chi connectivity index (χ3v) is 13.9. The highest BCUT2D eigenvalue weighted by Crippen LogP contribution is 3.03. The van der Waals surface area contributed by atoms with Crippen LogP contribution in [-0.2, 0) is 9.53 Å². The molecular weight excluding hydrogens is 353 g/mol. The molecule has 0 bridgehead atoms. The Balaban J connectivity index is 1.26. The molecule has 12 aliphatic rings. The zero-order chi connectivity index (χ0) is 17.3. The van der Waals surface area contributed by atoms with Crippen LogP contribution in [0.15, 0.2) is 0 Å². The molecule has 0 N–H and O–H groups in total. The number of ether oxygens (including phenoxy) is 1. The fraction of sp³-hybridized carbons (Fsp3) is 0.955. The van der Waals surface area contributed by atoms with Gasteiger partial charge in [-0.15, -0.1) is 0 Å². The van der Waals surface area contributed by atoms with E-state index in [-0.39, 0.29) is 0 Å². The van der Waals surface area contributed by atoms with Crippen LogP contribution in [0.25, 0.3) is 0 Å². The first kappa shape index (κ1) is 12.7. The Morgan fingerprint density at radius 3 is 1.07 bits per heavy atom. The monoisotopic (exact) mass is 372 g/mol. The molecule has 0 amide bonds. The molecule has 12 fully saturated rings. The lowest BCUT2D eigenvalue weighted by Crippen LogP contribution is -2.49. The molecule has 12 rings (SSSR count). The lowest BCUT2D eigenvalue weighted by atomic mass is 9.74. The second-order valence-corrected chi connectivity index (χ2v) is 12.6. The van der Waals surface area contributed by atoms with E-state index in [0.717, 1.165) is 59.2 Å². The fourth-order valence-electron chi connectivity index (χ4n) is 15.8. The Morgan fingerprint density at radius 2 is 0.815 bits per heavy atom. The van der Waals surface area contributed by atoms with E-state index in [0.29, 0.717) is 53.3 Å². The highest BCUT2D eigenvalue weighted by atomic mass is 19.4. The van der Waals surface area contributed by atoms with E-state index in [1.54, 1.807) is 0 Å². The van der Waals surface area contributed by atoms with Crippen LogP contribution < -0.4 is 0 Å². The lowest BCUT2D eigenvalue weighted by Gasteiger charge is -2.39. The Kier molecular flexibility index (Phi) is 1.34. The molecule has 5 heteroatoms. The van der Waals surface area contributed by atoms with Crippen molar-refractivity contribution >= 4 is 5.97 Å². The van der Waals surface area contributed by atoms with Crippen molar-refractivity contribution in [2.45, 2.75) is 11.8 Å². The molecule has 0 heterocycles. The van der Waals surface area contributed by atoms with Crippen LogP contribution in [0.4, 0.5) is 13.2 Å². The molecule has 12 atom stereocenters. The van der Waals surface area contributed by atoms with Crippen molar-refractivity contribution in [2.24, 2.45) is 112 Å². The number of hydrogen-bond donors (Lipinski definition) is 0. The van der Waals surface area contributed by atoms with Gasteiger partial charge in [0.25, 0.3) is 0 Å². The summed E-state index contributed by atoms with van der Waals surface area (Å²) in [6, 6.07) is 0. The predicted molar refractivity (Wildman–Crippen MR) is 81.2 cm³/mol. The van der Waals surface area contributed by atoms with Gasteiger partial charge in [-0.2, -0.15) is 13.2 Å². The maximum atomic E-state index is 13.3.